The average molecular weight is 407 g/mol. The minimum atomic E-state index is -3.67. The molecule has 0 spiro atoms. The second-order valence-electron chi connectivity index (χ2n) is 6.88. The molecule has 2 heterocycles. The van der Waals surface area contributed by atoms with Gasteiger partial charge in [-0.15, -0.1) is 0 Å². The molecule has 0 radical (unpaired) electrons. The van der Waals surface area contributed by atoms with Gasteiger partial charge in [0, 0.05) is 45.4 Å². The predicted molar refractivity (Wildman–Crippen MR) is 106 cm³/mol. The van der Waals surface area contributed by atoms with Crippen LogP contribution in [0, 0.1) is 0 Å². The summed E-state index contributed by atoms with van der Waals surface area (Å²) in [6, 6.07) is 4.51. The van der Waals surface area contributed by atoms with Crippen LogP contribution in [0.4, 0.5) is 0 Å². The van der Waals surface area contributed by atoms with E-state index in [0.717, 1.165) is 19.3 Å². The molecule has 1 fully saturated rings. The normalized spacial score (nSPS) is 15.6. The number of hydrogen-bond acceptors (Lipinski definition) is 5. The monoisotopic (exact) mass is 407 g/mol. The van der Waals surface area contributed by atoms with Crippen LogP contribution in [-0.2, 0) is 21.8 Å². The second kappa shape index (κ2) is 8.42. The number of benzene rings is 1. The topological polar surface area (TPSA) is 97.7 Å². The van der Waals surface area contributed by atoms with Gasteiger partial charge < -0.3 is 14.6 Å². The molecule has 1 aliphatic heterocycles. The number of rotatable bonds is 6. The molecular formula is C19H25N3O5S. The van der Waals surface area contributed by atoms with Gasteiger partial charge in [0.25, 0.3) is 5.91 Å². The molecule has 0 aliphatic carbocycles. The van der Waals surface area contributed by atoms with Gasteiger partial charge in [0.2, 0.25) is 15.5 Å². The average Bonchev–Trinajstić information content (AvgIpc) is 2.71. The highest BCUT2D eigenvalue weighted by Gasteiger charge is 2.26. The lowest BCUT2D eigenvalue weighted by Crippen LogP contribution is -2.35. The van der Waals surface area contributed by atoms with Crippen molar-refractivity contribution in [2.24, 2.45) is 7.05 Å². The number of pyridine rings is 1. The highest BCUT2D eigenvalue weighted by molar-refractivity contribution is 7.89. The molecule has 1 saturated heterocycles. The fraction of sp³-hybridized carbons (Fsp3) is 0.474. The number of nitrogens with one attached hydrogen (secondary N) is 1. The van der Waals surface area contributed by atoms with Crippen molar-refractivity contribution < 1.29 is 17.9 Å². The number of carbonyl (C=O) groups is 1. The number of sulfonamides is 1. The van der Waals surface area contributed by atoms with Gasteiger partial charge >= 0.3 is 0 Å². The molecule has 152 valence electrons. The largest absolute Gasteiger partial charge is 0.383 e. The van der Waals surface area contributed by atoms with E-state index in [-0.39, 0.29) is 22.4 Å². The highest BCUT2D eigenvalue weighted by atomic mass is 32.2. The van der Waals surface area contributed by atoms with E-state index in [2.05, 4.69) is 5.32 Å². The van der Waals surface area contributed by atoms with E-state index >= 15 is 0 Å². The Labute approximate surface area is 164 Å². The summed E-state index contributed by atoms with van der Waals surface area (Å²) in [6.07, 6.45) is 4.15. The van der Waals surface area contributed by atoms with Crippen LogP contribution in [0.1, 0.15) is 29.6 Å². The molecule has 0 atom stereocenters. The Bertz CT molecular complexity index is 1040. The van der Waals surface area contributed by atoms with Crippen LogP contribution in [0.25, 0.3) is 10.9 Å². The zero-order valence-corrected chi connectivity index (χ0v) is 16.9. The lowest BCUT2D eigenvalue weighted by Gasteiger charge is -2.26. The first-order chi connectivity index (χ1) is 13.4. The first-order valence-electron chi connectivity index (χ1n) is 9.27. The minimum absolute atomic E-state index is 0.0291. The van der Waals surface area contributed by atoms with Crippen LogP contribution in [0.5, 0.6) is 0 Å². The summed E-state index contributed by atoms with van der Waals surface area (Å²) in [7, 11) is -0.432. The Morgan fingerprint density at radius 3 is 2.61 bits per heavy atom. The standard InChI is InChI=1S/C19H25N3O5S/c1-21-13-16(19(24)20-8-11-27-2)18(23)15-12-14(6-7-17(15)21)28(25,26)22-9-4-3-5-10-22/h6-7,12-13H,3-5,8-11H2,1-2H3,(H,20,24). The molecule has 0 bridgehead atoms. The second-order valence-corrected chi connectivity index (χ2v) is 8.81. The number of aromatic nitrogens is 1. The number of nitrogens with zero attached hydrogens (tertiary/aromatic N) is 2. The van der Waals surface area contributed by atoms with Gasteiger partial charge in [-0.3, -0.25) is 9.59 Å². The third kappa shape index (κ3) is 3.96. The molecule has 0 unspecified atom stereocenters. The third-order valence-corrected chi connectivity index (χ3v) is 6.84. The maximum atomic E-state index is 12.9. The number of piperidine rings is 1. The van der Waals surface area contributed by atoms with Crippen molar-refractivity contribution in [2.75, 3.05) is 33.4 Å². The number of carbonyl (C=O) groups excluding carboxylic acids is 1. The number of fused-ring (bicyclic) bond motifs is 1. The molecule has 28 heavy (non-hydrogen) atoms. The molecule has 1 aromatic carbocycles. The molecule has 1 aromatic heterocycles. The molecule has 9 heteroatoms. The maximum Gasteiger partial charge on any atom is 0.256 e. The van der Waals surface area contributed by atoms with Crippen molar-refractivity contribution >= 4 is 26.8 Å². The van der Waals surface area contributed by atoms with Gasteiger partial charge in [0.1, 0.15) is 5.56 Å². The van der Waals surface area contributed by atoms with Crippen molar-refractivity contribution in [1.29, 1.82) is 0 Å². The smallest absolute Gasteiger partial charge is 0.256 e. The SMILES string of the molecule is COCCNC(=O)c1cn(C)c2ccc(S(=O)(=O)N3CCCCC3)cc2c1=O. The number of ether oxygens (including phenoxy) is 1. The van der Waals surface area contributed by atoms with Gasteiger partial charge in [-0.05, 0) is 31.0 Å². The molecule has 1 N–H and O–H groups in total. The van der Waals surface area contributed by atoms with Crippen LogP contribution in [0.3, 0.4) is 0 Å². The van der Waals surface area contributed by atoms with E-state index in [4.69, 9.17) is 4.74 Å². The van der Waals surface area contributed by atoms with E-state index in [9.17, 15) is 18.0 Å². The molecular weight excluding hydrogens is 382 g/mol. The van der Waals surface area contributed by atoms with Crippen LogP contribution >= 0.6 is 0 Å². The fourth-order valence-electron chi connectivity index (χ4n) is 3.41. The van der Waals surface area contributed by atoms with Crippen LogP contribution < -0.4 is 10.7 Å². The molecule has 3 rings (SSSR count). The van der Waals surface area contributed by atoms with Gasteiger partial charge in [-0.2, -0.15) is 4.31 Å². The summed E-state index contributed by atoms with van der Waals surface area (Å²) in [6.45, 7) is 1.58. The molecule has 1 amide bonds. The molecule has 0 saturated carbocycles. The van der Waals surface area contributed by atoms with E-state index in [1.807, 2.05) is 0 Å². The van der Waals surface area contributed by atoms with Crippen molar-refractivity contribution in [3.63, 3.8) is 0 Å². The quantitative estimate of drug-likeness (QED) is 0.723. The van der Waals surface area contributed by atoms with E-state index in [1.165, 1.54) is 29.7 Å². The zero-order valence-electron chi connectivity index (χ0n) is 16.1. The highest BCUT2D eigenvalue weighted by Crippen LogP contribution is 2.23. The van der Waals surface area contributed by atoms with E-state index < -0.39 is 21.4 Å². The van der Waals surface area contributed by atoms with Crippen molar-refractivity contribution in [1.82, 2.24) is 14.2 Å². The minimum Gasteiger partial charge on any atom is -0.383 e. The number of hydrogen-bond donors (Lipinski definition) is 1. The summed E-state index contributed by atoms with van der Waals surface area (Å²) in [4.78, 5) is 25.3. The van der Waals surface area contributed by atoms with Crippen molar-refractivity contribution in [3.8, 4) is 0 Å². The lowest BCUT2D eigenvalue weighted by atomic mass is 10.1. The number of amides is 1. The van der Waals surface area contributed by atoms with Gasteiger partial charge in [0.05, 0.1) is 17.0 Å². The number of methoxy groups -OCH3 is 1. The Hall–Kier alpha value is -2.23. The zero-order chi connectivity index (χ0) is 20.3. The Morgan fingerprint density at radius 2 is 1.93 bits per heavy atom. The summed E-state index contributed by atoms with van der Waals surface area (Å²) in [5, 5.41) is 2.83. The number of aryl methyl sites for hydroxylation is 1. The molecule has 8 nitrogen and oxygen atoms in total. The lowest BCUT2D eigenvalue weighted by molar-refractivity contribution is 0.0935. The summed E-state index contributed by atoms with van der Waals surface area (Å²) >= 11 is 0. The van der Waals surface area contributed by atoms with Crippen LogP contribution in [0.2, 0.25) is 0 Å². The maximum absolute atomic E-state index is 12.9. The van der Waals surface area contributed by atoms with Crippen LogP contribution in [-0.4, -0.2) is 56.5 Å². The summed E-state index contributed by atoms with van der Waals surface area (Å²) in [5.41, 5.74) is 0.0494. The van der Waals surface area contributed by atoms with Gasteiger partial charge in [-0.1, -0.05) is 6.42 Å². The van der Waals surface area contributed by atoms with Gasteiger partial charge in [0.15, 0.2) is 0 Å². The predicted octanol–water partition coefficient (Wildman–Crippen LogP) is 1.09. The summed E-state index contributed by atoms with van der Waals surface area (Å²) < 4.78 is 33.9. The Balaban J connectivity index is 2.04. The molecule has 1 aliphatic rings. The first-order valence-corrected chi connectivity index (χ1v) is 10.7. The fourth-order valence-corrected chi connectivity index (χ4v) is 4.95. The van der Waals surface area contributed by atoms with Crippen molar-refractivity contribution in [3.05, 3.63) is 40.2 Å². The Kier molecular flexibility index (Phi) is 6.17. The first kappa shape index (κ1) is 20.5. The van der Waals surface area contributed by atoms with Gasteiger partial charge in [-0.25, -0.2) is 8.42 Å². The third-order valence-electron chi connectivity index (χ3n) is 4.95. The molecule has 2 aromatic rings. The van der Waals surface area contributed by atoms with Crippen molar-refractivity contribution in [2.45, 2.75) is 24.2 Å². The summed E-state index contributed by atoms with van der Waals surface area (Å²) in [5.74, 6) is -0.510. The van der Waals surface area contributed by atoms with E-state index in [1.54, 1.807) is 17.7 Å². The van der Waals surface area contributed by atoms with E-state index in [0.29, 0.717) is 25.2 Å². The Morgan fingerprint density at radius 1 is 1.21 bits per heavy atom. The van der Waals surface area contributed by atoms with Crippen LogP contribution in [0.15, 0.2) is 34.1 Å².